The van der Waals surface area contributed by atoms with Crippen LogP contribution in [0.1, 0.15) is 65.2 Å². The van der Waals surface area contributed by atoms with Crippen molar-refractivity contribution in [3.05, 3.63) is 12.7 Å². The highest BCUT2D eigenvalue weighted by atomic mass is 31.2. The lowest BCUT2D eigenvalue weighted by atomic mass is 10.2. The Hall–Kier alpha value is -0.0700. The molecule has 0 aromatic heterocycles. The Morgan fingerprint density at radius 1 is 1.00 bits per heavy atom. The van der Waals surface area contributed by atoms with E-state index in [9.17, 15) is 9.67 Å². The maximum absolute atomic E-state index is 12.7. The second-order valence-corrected chi connectivity index (χ2v) is 8.50. The molecule has 0 aliphatic rings. The Morgan fingerprint density at radius 2 is 1.44 bits per heavy atom. The molecule has 1 N–H and O–H groups in total. The predicted octanol–water partition coefficient (Wildman–Crippen LogP) is 5.01. The zero-order valence-electron chi connectivity index (χ0n) is 12.2. The molecule has 0 aromatic rings. The van der Waals surface area contributed by atoms with E-state index in [4.69, 9.17) is 0 Å². The first-order valence-corrected chi connectivity index (χ1v) is 9.63. The minimum atomic E-state index is -2.45. The van der Waals surface area contributed by atoms with Crippen LogP contribution in [0.5, 0.6) is 0 Å². The Labute approximate surface area is 113 Å². The molecule has 0 aliphatic carbocycles. The molecule has 0 radical (unpaired) electrons. The summed E-state index contributed by atoms with van der Waals surface area (Å²) in [7, 11) is -2.45. The molecule has 0 saturated heterocycles. The summed E-state index contributed by atoms with van der Waals surface area (Å²) in [5.74, 6) is -0.791. The molecule has 0 heterocycles. The first-order chi connectivity index (χ1) is 8.60. The van der Waals surface area contributed by atoms with E-state index in [-0.39, 0.29) is 0 Å². The Kier molecular flexibility index (Phi) is 10.8. The molecular formula is C15H31O2P. The van der Waals surface area contributed by atoms with Gasteiger partial charge in [0.25, 0.3) is 0 Å². The van der Waals surface area contributed by atoms with Crippen LogP contribution < -0.4 is 0 Å². The molecule has 1 atom stereocenters. The van der Waals surface area contributed by atoms with Crippen molar-refractivity contribution in [1.29, 1.82) is 0 Å². The lowest BCUT2D eigenvalue weighted by Crippen LogP contribution is -2.10. The van der Waals surface area contributed by atoms with Gasteiger partial charge in [0.2, 0.25) is 0 Å². The van der Waals surface area contributed by atoms with Crippen LogP contribution in [-0.4, -0.2) is 23.3 Å². The van der Waals surface area contributed by atoms with Gasteiger partial charge in [-0.25, -0.2) is 0 Å². The van der Waals surface area contributed by atoms with E-state index >= 15 is 0 Å². The fourth-order valence-electron chi connectivity index (χ4n) is 2.18. The van der Waals surface area contributed by atoms with Crippen molar-refractivity contribution < 1.29 is 9.67 Å². The van der Waals surface area contributed by atoms with E-state index in [1.165, 1.54) is 31.8 Å². The van der Waals surface area contributed by atoms with Crippen molar-refractivity contribution >= 4 is 7.14 Å². The third kappa shape index (κ3) is 7.38. The van der Waals surface area contributed by atoms with Gasteiger partial charge in [0.15, 0.2) is 0 Å². The largest absolute Gasteiger partial charge is 0.381 e. The maximum Gasteiger partial charge on any atom is 0.125 e. The zero-order valence-corrected chi connectivity index (χ0v) is 13.1. The summed E-state index contributed by atoms with van der Waals surface area (Å²) in [6, 6.07) is 0. The van der Waals surface area contributed by atoms with Gasteiger partial charge in [-0.15, -0.1) is 6.58 Å². The molecule has 0 rings (SSSR count). The Balaban J connectivity index is 4.16. The van der Waals surface area contributed by atoms with Gasteiger partial charge in [-0.2, -0.15) is 0 Å². The summed E-state index contributed by atoms with van der Waals surface area (Å²) in [5.41, 5.74) is 0. The normalized spacial score (nSPS) is 13.5. The zero-order chi connectivity index (χ0) is 13.9. The van der Waals surface area contributed by atoms with Gasteiger partial charge in [0.1, 0.15) is 13.0 Å². The summed E-state index contributed by atoms with van der Waals surface area (Å²) in [6.45, 7) is 7.93. The fraction of sp³-hybridized carbons (Fsp3) is 0.867. The van der Waals surface area contributed by atoms with E-state index in [0.717, 1.165) is 25.7 Å². The van der Waals surface area contributed by atoms with Crippen molar-refractivity contribution in [3.63, 3.8) is 0 Å². The quantitative estimate of drug-likeness (QED) is 0.308. The monoisotopic (exact) mass is 274 g/mol. The first kappa shape index (κ1) is 17.9. The number of unbranched alkanes of at least 4 members (excludes halogenated alkanes) is 6. The molecular weight excluding hydrogens is 243 g/mol. The number of hydrogen-bond donors (Lipinski definition) is 1. The molecule has 0 spiro atoms. The molecule has 1 unspecified atom stereocenters. The van der Waals surface area contributed by atoms with Crippen molar-refractivity contribution in [2.24, 2.45) is 0 Å². The van der Waals surface area contributed by atoms with Crippen molar-refractivity contribution in [1.82, 2.24) is 0 Å². The summed E-state index contributed by atoms with van der Waals surface area (Å²) >= 11 is 0. The van der Waals surface area contributed by atoms with Gasteiger partial charge in [0.05, 0.1) is 0 Å². The van der Waals surface area contributed by atoms with Crippen LogP contribution in [0.25, 0.3) is 0 Å². The van der Waals surface area contributed by atoms with Crippen LogP contribution in [-0.2, 0) is 4.57 Å². The number of aliphatic hydroxyl groups excluding tert-OH is 1. The molecule has 3 heteroatoms. The second kappa shape index (κ2) is 10.8. The average Bonchev–Trinajstić information content (AvgIpc) is 2.39. The highest BCUT2D eigenvalue weighted by Gasteiger charge is 2.27. The summed E-state index contributed by atoms with van der Waals surface area (Å²) < 4.78 is 12.7. The van der Waals surface area contributed by atoms with Crippen LogP contribution in [0, 0.1) is 0 Å². The van der Waals surface area contributed by atoms with Gasteiger partial charge in [-0.3, -0.25) is 0 Å². The molecule has 0 bridgehead atoms. The molecule has 0 saturated carbocycles. The SMILES string of the molecule is C=CC(O)P(=O)(CCCCCC)CCCCCC. The lowest BCUT2D eigenvalue weighted by Gasteiger charge is -2.21. The van der Waals surface area contributed by atoms with Gasteiger partial charge >= 0.3 is 0 Å². The standard InChI is InChI=1S/C15H31O2P/c1-4-7-9-11-13-18(17,15(16)6-3)14-12-10-8-5-2/h6,15-16H,3-5,7-14H2,1-2H3. The smallest absolute Gasteiger partial charge is 0.125 e. The topological polar surface area (TPSA) is 37.3 Å². The highest BCUT2D eigenvalue weighted by Crippen LogP contribution is 2.51. The minimum absolute atomic E-state index is 0.687. The first-order valence-electron chi connectivity index (χ1n) is 7.49. The molecule has 0 aliphatic heterocycles. The Bertz CT molecular complexity index is 235. The number of hydrogen-bond acceptors (Lipinski definition) is 2. The molecule has 2 nitrogen and oxygen atoms in total. The lowest BCUT2D eigenvalue weighted by molar-refractivity contribution is 0.292. The summed E-state index contributed by atoms with van der Waals surface area (Å²) in [6.07, 6.45) is 11.8. The van der Waals surface area contributed by atoms with Gasteiger partial charge in [0, 0.05) is 12.3 Å². The second-order valence-electron chi connectivity index (χ2n) is 5.17. The van der Waals surface area contributed by atoms with Crippen LogP contribution in [0.2, 0.25) is 0 Å². The van der Waals surface area contributed by atoms with Gasteiger partial charge in [-0.1, -0.05) is 58.4 Å². The maximum atomic E-state index is 12.7. The highest BCUT2D eigenvalue weighted by molar-refractivity contribution is 7.64. The fourth-order valence-corrected chi connectivity index (χ4v) is 4.84. The molecule has 18 heavy (non-hydrogen) atoms. The molecule has 108 valence electrons. The molecule has 0 aromatic carbocycles. The van der Waals surface area contributed by atoms with Crippen molar-refractivity contribution in [2.75, 3.05) is 12.3 Å². The van der Waals surface area contributed by atoms with E-state index in [2.05, 4.69) is 20.4 Å². The summed E-state index contributed by atoms with van der Waals surface area (Å²) in [4.78, 5) is 0. The van der Waals surface area contributed by atoms with Crippen molar-refractivity contribution in [2.45, 2.75) is 71.1 Å². The average molecular weight is 274 g/mol. The van der Waals surface area contributed by atoms with Crippen molar-refractivity contribution in [3.8, 4) is 0 Å². The third-order valence-electron chi connectivity index (χ3n) is 3.47. The minimum Gasteiger partial charge on any atom is -0.381 e. The Morgan fingerprint density at radius 3 is 1.78 bits per heavy atom. The van der Waals surface area contributed by atoms with Crippen LogP contribution >= 0.6 is 7.14 Å². The van der Waals surface area contributed by atoms with Gasteiger partial charge < -0.3 is 9.67 Å². The summed E-state index contributed by atoms with van der Waals surface area (Å²) in [5, 5.41) is 9.91. The third-order valence-corrected chi connectivity index (χ3v) is 6.79. The van der Waals surface area contributed by atoms with E-state index < -0.39 is 13.0 Å². The molecule has 0 fully saturated rings. The van der Waals surface area contributed by atoms with Gasteiger partial charge in [-0.05, 0) is 12.8 Å². The number of aliphatic hydroxyl groups is 1. The van der Waals surface area contributed by atoms with Crippen LogP contribution in [0.3, 0.4) is 0 Å². The molecule has 0 amide bonds. The van der Waals surface area contributed by atoms with E-state index in [1.54, 1.807) is 0 Å². The van der Waals surface area contributed by atoms with E-state index in [1.807, 2.05) is 0 Å². The van der Waals surface area contributed by atoms with E-state index in [0.29, 0.717) is 12.3 Å². The van der Waals surface area contributed by atoms with Crippen LogP contribution in [0.15, 0.2) is 12.7 Å². The van der Waals surface area contributed by atoms with Crippen LogP contribution in [0.4, 0.5) is 0 Å². The number of rotatable bonds is 12. The predicted molar refractivity (Wildman–Crippen MR) is 81.8 cm³/mol.